The second kappa shape index (κ2) is 12.4. The quantitative estimate of drug-likeness (QED) is 0.175. The van der Waals surface area contributed by atoms with Gasteiger partial charge in [-0.15, -0.1) is 0 Å². The highest BCUT2D eigenvalue weighted by Gasteiger charge is 2.46. The van der Waals surface area contributed by atoms with E-state index < -0.39 is 78.5 Å². The summed E-state index contributed by atoms with van der Waals surface area (Å²) in [6.07, 6.45) is -12.5. The van der Waals surface area contributed by atoms with Gasteiger partial charge in [0.15, 0.2) is 41.2 Å². The number of rotatable bonds is 7. The van der Waals surface area contributed by atoms with Gasteiger partial charge in [-0.1, -0.05) is 0 Å². The lowest BCUT2D eigenvalue weighted by Crippen LogP contribution is -2.60. The third-order valence-corrected chi connectivity index (χ3v) is 7.92. The lowest BCUT2D eigenvalue weighted by Gasteiger charge is -2.41. The summed E-state index contributed by atoms with van der Waals surface area (Å²) in [5, 5.41) is 81.9. The van der Waals surface area contributed by atoms with Crippen LogP contribution in [0.2, 0.25) is 0 Å². The Morgan fingerprint density at radius 2 is 1.61 bits per heavy atom. The number of halogens is 1. The molecule has 0 radical (unpaired) electrons. The largest absolute Gasteiger partial charge is 0.507 e. The summed E-state index contributed by atoms with van der Waals surface area (Å²) in [5.41, 5.74) is -0.481. The van der Waals surface area contributed by atoms with Gasteiger partial charge in [0.2, 0.25) is 11.7 Å². The van der Waals surface area contributed by atoms with Crippen LogP contribution in [-0.2, 0) is 14.2 Å². The molecule has 2 aliphatic heterocycles. The van der Waals surface area contributed by atoms with Crippen molar-refractivity contribution in [3.05, 3.63) is 56.5 Å². The summed E-state index contributed by atoms with van der Waals surface area (Å²) in [5.74, 6) is -2.05. The van der Waals surface area contributed by atoms with Gasteiger partial charge in [0.25, 0.3) is 0 Å². The van der Waals surface area contributed by atoms with E-state index in [9.17, 15) is 45.6 Å². The van der Waals surface area contributed by atoms with E-state index in [0.29, 0.717) is 5.56 Å². The average Bonchev–Trinajstić information content (AvgIpc) is 2.99. The SMILES string of the molecule is COc1ccc(-c2oc3cc(O[C@@H]4OC(CO[C@@H]5OC(C)C(O)=C(O)C5O)[C@@H](O)C(O)C4O)cc(O)c3c(=O)c2Br)cc1O. The summed E-state index contributed by atoms with van der Waals surface area (Å²) < 4.78 is 32.9. The molecule has 0 saturated carbocycles. The van der Waals surface area contributed by atoms with Crippen molar-refractivity contribution in [3.63, 3.8) is 0 Å². The van der Waals surface area contributed by atoms with E-state index in [1.165, 1.54) is 38.3 Å². The maximum absolute atomic E-state index is 13.1. The minimum absolute atomic E-state index is 0.0114. The van der Waals surface area contributed by atoms with E-state index in [-0.39, 0.29) is 38.5 Å². The lowest BCUT2D eigenvalue weighted by molar-refractivity contribution is -0.296. The van der Waals surface area contributed by atoms with Gasteiger partial charge in [-0.3, -0.25) is 4.79 Å². The first-order valence-corrected chi connectivity index (χ1v) is 13.9. The number of benzene rings is 2. The Morgan fingerprint density at radius 1 is 0.886 bits per heavy atom. The van der Waals surface area contributed by atoms with Crippen molar-refractivity contribution >= 4 is 26.9 Å². The van der Waals surface area contributed by atoms with Crippen LogP contribution in [-0.4, -0.2) is 104 Å². The molecule has 0 bridgehead atoms. The molecule has 5 unspecified atom stereocenters. The molecule has 0 aliphatic carbocycles. The Balaban J connectivity index is 1.40. The van der Waals surface area contributed by atoms with E-state index in [1.807, 2.05) is 0 Å². The van der Waals surface area contributed by atoms with Crippen LogP contribution in [0, 0.1) is 0 Å². The minimum atomic E-state index is -1.80. The fourth-order valence-electron chi connectivity index (χ4n) is 4.77. The summed E-state index contributed by atoms with van der Waals surface area (Å²) in [7, 11) is 1.37. The Morgan fingerprint density at radius 3 is 2.30 bits per heavy atom. The number of phenols is 2. The monoisotopic (exact) mass is 684 g/mol. The van der Waals surface area contributed by atoms with Gasteiger partial charge in [-0.05, 0) is 41.1 Å². The lowest BCUT2D eigenvalue weighted by atomic mass is 9.99. The number of hydrogen-bond donors (Lipinski definition) is 8. The smallest absolute Gasteiger partial charge is 0.229 e. The van der Waals surface area contributed by atoms with Crippen LogP contribution < -0.4 is 14.9 Å². The normalized spacial score (nSPS) is 29.2. The van der Waals surface area contributed by atoms with Crippen molar-refractivity contribution in [2.75, 3.05) is 13.7 Å². The molecule has 8 atom stereocenters. The van der Waals surface area contributed by atoms with Gasteiger partial charge in [0.1, 0.15) is 57.5 Å². The van der Waals surface area contributed by atoms with Crippen LogP contribution >= 0.6 is 15.9 Å². The first-order valence-electron chi connectivity index (χ1n) is 13.1. The molecule has 1 saturated heterocycles. The summed E-state index contributed by atoms with van der Waals surface area (Å²) in [6.45, 7) is 0.866. The predicted molar refractivity (Wildman–Crippen MR) is 151 cm³/mol. The van der Waals surface area contributed by atoms with Crippen LogP contribution in [0.15, 0.2) is 55.5 Å². The fourth-order valence-corrected chi connectivity index (χ4v) is 5.28. The van der Waals surface area contributed by atoms with Gasteiger partial charge < -0.3 is 69.0 Å². The molecular weight excluding hydrogens is 656 g/mol. The summed E-state index contributed by atoms with van der Waals surface area (Å²) >= 11 is 3.18. The number of aromatic hydroxyl groups is 2. The number of fused-ring (bicyclic) bond motifs is 1. The maximum atomic E-state index is 13.1. The molecule has 8 N–H and O–H groups in total. The molecule has 3 heterocycles. The molecule has 238 valence electrons. The molecule has 0 spiro atoms. The van der Waals surface area contributed by atoms with Crippen LogP contribution in [0.5, 0.6) is 23.0 Å². The number of aliphatic hydroxyl groups excluding tert-OH is 6. The Bertz CT molecular complexity index is 1640. The topological polar surface area (TPSA) is 238 Å². The van der Waals surface area contributed by atoms with Crippen molar-refractivity contribution in [1.29, 1.82) is 0 Å². The van der Waals surface area contributed by atoms with Crippen molar-refractivity contribution in [1.82, 2.24) is 0 Å². The highest BCUT2D eigenvalue weighted by atomic mass is 79.9. The Hall–Kier alpha value is -3.61. The molecule has 5 rings (SSSR count). The highest BCUT2D eigenvalue weighted by molar-refractivity contribution is 9.10. The number of aliphatic hydroxyl groups is 6. The molecule has 44 heavy (non-hydrogen) atoms. The van der Waals surface area contributed by atoms with Crippen molar-refractivity contribution in [3.8, 4) is 34.3 Å². The standard InChI is InChI=1S/C28H29BrO15/c1-9-19(32)22(35)24(37)27(41-9)40-8-16-20(33)23(36)25(38)28(44-16)42-11-6-13(31)17-15(7-11)43-26(18(29)21(17)34)10-3-4-14(39-2)12(30)5-10/h3-7,9,16,20,23-25,27-28,30-33,35-38H,8H2,1-2H3/t9?,16?,20-,23?,24?,25?,27-,28-/m1/s1. The fraction of sp³-hybridized carbons (Fsp3) is 0.393. The van der Waals surface area contributed by atoms with Crippen molar-refractivity contribution < 1.29 is 69.0 Å². The second-order valence-electron chi connectivity index (χ2n) is 10.1. The molecule has 15 nitrogen and oxygen atoms in total. The van der Waals surface area contributed by atoms with Gasteiger partial charge in [-0.2, -0.15) is 0 Å². The van der Waals surface area contributed by atoms with Gasteiger partial charge in [0, 0.05) is 17.7 Å². The zero-order valence-electron chi connectivity index (χ0n) is 23.0. The molecule has 2 aliphatic rings. The summed E-state index contributed by atoms with van der Waals surface area (Å²) in [4.78, 5) is 13.1. The van der Waals surface area contributed by atoms with E-state index >= 15 is 0 Å². The zero-order chi connectivity index (χ0) is 32.0. The minimum Gasteiger partial charge on any atom is -0.507 e. The maximum Gasteiger partial charge on any atom is 0.229 e. The first kappa shape index (κ1) is 31.8. The Labute approximate surface area is 256 Å². The van der Waals surface area contributed by atoms with E-state index in [1.54, 1.807) is 0 Å². The molecular formula is C28H29BrO15. The average molecular weight is 685 g/mol. The van der Waals surface area contributed by atoms with Crippen LogP contribution in [0.25, 0.3) is 22.3 Å². The predicted octanol–water partition coefficient (Wildman–Crippen LogP) is 1.28. The Kier molecular flexibility index (Phi) is 8.97. The molecule has 1 fully saturated rings. The van der Waals surface area contributed by atoms with Crippen LogP contribution in [0.1, 0.15) is 6.92 Å². The van der Waals surface area contributed by atoms with Crippen molar-refractivity contribution in [2.24, 2.45) is 0 Å². The first-order chi connectivity index (χ1) is 20.8. The summed E-state index contributed by atoms with van der Waals surface area (Å²) in [6, 6.07) is 6.59. The van der Waals surface area contributed by atoms with E-state index in [2.05, 4.69) is 15.9 Å². The van der Waals surface area contributed by atoms with Gasteiger partial charge in [0.05, 0.1) is 13.7 Å². The zero-order valence-corrected chi connectivity index (χ0v) is 24.6. The van der Waals surface area contributed by atoms with Crippen LogP contribution in [0.3, 0.4) is 0 Å². The number of methoxy groups -OCH3 is 1. The van der Waals surface area contributed by atoms with Crippen LogP contribution in [0.4, 0.5) is 0 Å². The second-order valence-corrected chi connectivity index (χ2v) is 10.9. The third kappa shape index (κ3) is 5.78. The molecule has 3 aromatic rings. The number of ether oxygens (including phenoxy) is 5. The van der Waals surface area contributed by atoms with E-state index in [4.69, 9.17) is 28.1 Å². The molecule has 16 heteroatoms. The van der Waals surface area contributed by atoms with Crippen molar-refractivity contribution in [2.45, 2.75) is 56.1 Å². The van der Waals surface area contributed by atoms with Gasteiger partial charge in [-0.25, -0.2) is 0 Å². The van der Waals surface area contributed by atoms with Gasteiger partial charge >= 0.3 is 0 Å². The molecule has 0 amide bonds. The number of phenolic OH excluding ortho intramolecular Hbond substituents is 2. The van der Waals surface area contributed by atoms with E-state index in [0.717, 1.165) is 6.07 Å². The highest BCUT2D eigenvalue weighted by Crippen LogP contribution is 2.38. The molecule has 1 aromatic heterocycles. The molecule has 2 aromatic carbocycles. The number of hydrogen-bond acceptors (Lipinski definition) is 15. The third-order valence-electron chi connectivity index (χ3n) is 7.20.